The highest BCUT2D eigenvalue weighted by Gasteiger charge is 2.35. The van der Waals surface area contributed by atoms with Gasteiger partial charge in [-0.15, -0.1) is 0 Å². The summed E-state index contributed by atoms with van der Waals surface area (Å²) in [6, 6.07) is 15.9. The maximum Gasteiger partial charge on any atom is 0.338 e. The first-order chi connectivity index (χ1) is 22.3. The number of methoxy groups -OCH3 is 1. The van der Waals surface area contributed by atoms with Crippen molar-refractivity contribution in [3.05, 3.63) is 107 Å². The topological polar surface area (TPSA) is 107 Å². The minimum atomic E-state index is -0.816. The molecule has 0 fully saturated rings. The minimum Gasteiger partial charge on any atom is -0.493 e. The Hall–Kier alpha value is -4.55. The van der Waals surface area contributed by atoms with Gasteiger partial charge in [0, 0.05) is 4.47 Å². The van der Waals surface area contributed by atoms with Crippen molar-refractivity contribution in [2.75, 3.05) is 27.1 Å². The van der Waals surface area contributed by atoms with Crippen molar-refractivity contribution < 1.29 is 33.2 Å². The Morgan fingerprint density at radius 2 is 1.83 bits per heavy atom. The van der Waals surface area contributed by atoms with E-state index < -0.39 is 12.0 Å². The average molecular weight is 708 g/mol. The van der Waals surface area contributed by atoms with Crippen molar-refractivity contribution in [1.29, 1.82) is 0 Å². The Morgan fingerprint density at radius 1 is 1.04 bits per heavy atom. The average Bonchev–Trinajstić information content (AvgIpc) is 3.64. The molecule has 1 aromatic heterocycles. The molecule has 0 amide bonds. The van der Waals surface area contributed by atoms with Crippen molar-refractivity contribution in [2.45, 2.75) is 33.4 Å². The van der Waals surface area contributed by atoms with Crippen LogP contribution in [-0.2, 0) is 16.1 Å². The standard InChI is InChI=1S/C34H31BrN2O8S/c1-5-41-28-16-24(35)23(15-26(28)40-4)31-30(33(39)42-6-2)19(3)36-34-37(31)32(38)29(46-34)14-20-7-10-22(11-8-20)43-17-21-9-12-25-27(13-21)45-18-44-25/h7-16,31H,5-6,17-18H2,1-4H3/b29-14+/t31-/m1/s1. The second kappa shape index (κ2) is 13.4. The number of carbonyl (C=O) groups is 1. The van der Waals surface area contributed by atoms with Crippen LogP contribution in [0.5, 0.6) is 28.7 Å². The monoisotopic (exact) mass is 706 g/mol. The third-order valence-electron chi connectivity index (χ3n) is 7.41. The number of thiazole rings is 1. The van der Waals surface area contributed by atoms with Crippen LogP contribution in [0.25, 0.3) is 6.08 Å². The van der Waals surface area contributed by atoms with Gasteiger partial charge in [0.1, 0.15) is 12.4 Å². The van der Waals surface area contributed by atoms with Crippen molar-refractivity contribution in [1.82, 2.24) is 4.57 Å². The minimum absolute atomic E-state index is 0.178. The maximum absolute atomic E-state index is 14.1. The van der Waals surface area contributed by atoms with Gasteiger partial charge in [-0.2, -0.15) is 0 Å². The van der Waals surface area contributed by atoms with E-state index in [1.54, 1.807) is 43.7 Å². The summed E-state index contributed by atoms with van der Waals surface area (Å²) in [7, 11) is 1.54. The van der Waals surface area contributed by atoms with Crippen molar-refractivity contribution in [3.63, 3.8) is 0 Å². The second-order valence-corrected chi connectivity index (χ2v) is 12.2. The van der Waals surface area contributed by atoms with Crippen LogP contribution in [-0.4, -0.2) is 37.7 Å². The van der Waals surface area contributed by atoms with Gasteiger partial charge in [-0.3, -0.25) is 9.36 Å². The zero-order valence-electron chi connectivity index (χ0n) is 25.6. The molecule has 6 rings (SSSR count). The van der Waals surface area contributed by atoms with Gasteiger partial charge < -0.3 is 28.4 Å². The molecule has 0 aliphatic carbocycles. The number of benzene rings is 3. The fraction of sp³-hybridized carbons (Fsp3) is 0.265. The Morgan fingerprint density at radius 3 is 2.57 bits per heavy atom. The fourth-order valence-electron chi connectivity index (χ4n) is 5.28. The summed E-state index contributed by atoms with van der Waals surface area (Å²) in [6.07, 6.45) is 1.81. The second-order valence-electron chi connectivity index (χ2n) is 10.3. The van der Waals surface area contributed by atoms with E-state index in [1.807, 2.05) is 49.4 Å². The molecule has 2 aliphatic heterocycles. The van der Waals surface area contributed by atoms with E-state index in [0.29, 0.717) is 61.3 Å². The SMILES string of the molecule is CCOC(=O)C1=C(C)N=c2s/c(=C/c3ccc(OCc4ccc5c(c4)OCO5)cc3)c(=O)n2[C@@H]1c1cc(OC)c(OCC)cc1Br. The molecule has 0 radical (unpaired) electrons. The van der Waals surface area contributed by atoms with Gasteiger partial charge in [0.25, 0.3) is 5.56 Å². The molecule has 0 N–H and O–H groups in total. The van der Waals surface area contributed by atoms with Gasteiger partial charge in [0.05, 0.1) is 42.2 Å². The molecule has 3 aromatic carbocycles. The third kappa shape index (κ3) is 6.14. The van der Waals surface area contributed by atoms with Gasteiger partial charge in [0.2, 0.25) is 6.79 Å². The van der Waals surface area contributed by atoms with Crippen LogP contribution in [0.3, 0.4) is 0 Å². The number of hydrogen-bond donors (Lipinski definition) is 0. The van der Waals surface area contributed by atoms with Crippen LogP contribution in [0.4, 0.5) is 0 Å². The zero-order valence-corrected chi connectivity index (χ0v) is 28.0. The molecule has 0 spiro atoms. The van der Waals surface area contributed by atoms with E-state index in [0.717, 1.165) is 16.9 Å². The molecule has 3 heterocycles. The normalized spacial score (nSPS) is 15.3. The molecule has 0 bridgehead atoms. The molecule has 10 nitrogen and oxygen atoms in total. The summed E-state index contributed by atoms with van der Waals surface area (Å²) in [4.78, 5) is 32.5. The van der Waals surface area contributed by atoms with Gasteiger partial charge in [-0.25, -0.2) is 9.79 Å². The predicted molar refractivity (Wildman–Crippen MR) is 176 cm³/mol. The van der Waals surface area contributed by atoms with Gasteiger partial charge in [-0.1, -0.05) is 45.5 Å². The highest BCUT2D eigenvalue weighted by molar-refractivity contribution is 9.10. The molecule has 238 valence electrons. The van der Waals surface area contributed by atoms with Crippen molar-refractivity contribution in [2.24, 2.45) is 4.99 Å². The van der Waals surface area contributed by atoms with E-state index in [1.165, 1.54) is 11.3 Å². The lowest BCUT2D eigenvalue weighted by Crippen LogP contribution is -2.40. The summed E-state index contributed by atoms with van der Waals surface area (Å²) in [5.74, 6) is 2.58. The summed E-state index contributed by atoms with van der Waals surface area (Å²) in [5, 5.41) is 0. The molecule has 46 heavy (non-hydrogen) atoms. The summed E-state index contributed by atoms with van der Waals surface area (Å²) in [6.45, 7) is 6.57. The van der Waals surface area contributed by atoms with Crippen molar-refractivity contribution in [3.8, 4) is 28.7 Å². The van der Waals surface area contributed by atoms with Crippen LogP contribution in [0.1, 0.15) is 43.5 Å². The third-order valence-corrected chi connectivity index (χ3v) is 9.08. The number of halogens is 1. The van der Waals surface area contributed by atoms with Gasteiger partial charge >= 0.3 is 5.97 Å². The van der Waals surface area contributed by atoms with Gasteiger partial charge in [0.15, 0.2) is 27.8 Å². The molecule has 0 saturated heterocycles. The van der Waals surface area contributed by atoms with Crippen LogP contribution in [0.2, 0.25) is 0 Å². The number of fused-ring (bicyclic) bond motifs is 2. The zero-order chi connectivity index (χ0) is 32.4. The fourth-order valence-corrected chi connectivity index (χ4v) is 6.87. The highest BCUT2D eigenvalue weighted by Crippen LogP contribution is 2.41. The maximum atomic E-state index is 14.1. The Labute approximate surface area is 277 Å². The summed E-state index contributed by atoms with van der Waals surface area (Å²) < 4.78 is 36.2. The first-order valence-electron chi connectivity index (χ1n) is 14.6. The van der Waals surface area contributed by atoms with E-state index >= 15 is 0 Å². The van der Waals surface area contributed by atoms with Crippen molar-refractivity contribution >= 4 is 39.3 Å². The molecule has 0 saturated carbocycles. The van der Waals surface area contributed by atoms with E-state index in [4.69, 9.17) is 28.4 Å². The molecular weight excluding hydrogens is 676 g/mol. The Bertz CT molecular complexity index is 2020. The Kier molecular flexibility index (Phi) is 9.18. The number of esters is 1. The lowest BCUT2D eigenvalue weighted by atomic mass is 9.95. The molecule has 1 atom stereocenters. The lowest BCUT2D eigenvalue weighted by Gasteiger charge is -2.26. The number of allylic oxidation sites excluding steroid dienone is 1. The van der Waals surface area contributed by atoms with Crippen LogP contribution < -0.4 is 38.6 Å². The first-order valence-corrected chi connectivity index (χ1v) is 16.2. The number of ether oxygens (including phenoxy) is 6. The molecule has 12 heteroatoms. The Balaban J connectivity index is 1.35. The van der Waals surface area contributed by atoms with E-state index in [2.05, 4.69) is 20.9 Å². The van der Waals surface area contributed by atoms with Gasteiger partial charge in [-0.05, 0) is 79.9 Å². The predicted octanol–water partition coefficient (Wildman–Crippen LogP) is 5.28. The number of hydrogen-bond acceptors (Lipinski definition) is 10. The first kappa shape index (κ1) is 31.4. The highest BCUT2D eigenvalue weighted by atomic mass is 79.9. The lowest BCUT2D eigenvalue weighted by molar-refractivity contribution is -0.139. The molecule has 0 unspecified atom stereocenters. The summed E-state index contributed by atoms with van der Waals surface area (Å²) >= 11 is 4.90. The molecular formula is C34H31BrN2O8S. The largest absolute Gasteiger partial charge is 0.493 e. The molecule has 4 aromatic rings. The number of rotatable bonds is 10. The van der Waals surface area contributed by atoms with E-state index in [9.17, 15) is 9.59 Å². The smallest absolute Gasteiger partial charge is 0.338 e. The van der Waals surface area contributed by atoms with Crippen LogP contribution in [0, 0.1) is 0 Å². The van der Waals surface area contributed by atoms with Crippen LogP contribution in [0.15, 0.2) is 80.1 Å². The van der Waals surface area contributed by atoms with Crippen LogP contribution >= 0.6 is 27.3 Å². The number of aromatic nitrogens is 1. The number of nitrogens with zero attached hydrogens (tertiary/aromatic N) is 2. The summed E-state index contributed by atoms with van der Waals surface area (Å²) in [5.41, 5.74) is 2.86. The van der Waals surface area contributed by atoms with E-state index in [-0.39, 0.29) is 24.5 Å². The molecule has 2 aliphatic rings. The number of carbonyl (C=O) groups excluding carboxylic acids is 1. The quantitative estimate of drug-likeness (QED) is 0.205.